The molecule has 0 aliphatic rings. The van der Waals surface area contributed by atoms with Crippen LogP contribution in [0.5, 0.6) is 11.5 Å². The quantitative estimate of drug-likeness (QED) is 0.440. The molecule has 2 aromatic heterocycles. The van der Waals surface area contributed by atoms with Gasteiger partial charge in [0, 0.05) is 5.38 Å². The zero-order chi connectivity index (χ0) is 21.7. The standard InChI is InChI=1S/C17H14Cl2N6O3S2/c1-27-14-9(18)5-10(15(28-2)13(14)19)22-17(29)21-8-3-4-12(20-6-8)23-16(26)11-7-30-25-24-11/h3-7H,1-2H3,(H,20,23,26)(H2,21,22,29). The first-order valence-corrected chi connectivity index (χ1v) is 10.2. The number of thiocarbonyl (C=S) groups is 1. The van der Waals surface area contributed by atoms with Gasteiger partial charge < -0.3 is 25.4 Å². The fourth-order valence-electron chi connectivity index (χ4n) is 2.33. The number of benzene rings is 1. The lowest BCUT2D eigenvalue weighted by atomic mass is 10.2. The monoisotopic (exact) mass is 484 g/mol. The number of methoxy groups -OCH3 is 2. The smallest absolute Gasteiger partial charge is 0.278 e. The Morgan fingerprint density at radius 3 is 2.50 bits per heavy atom. The molecule has 0 saturated carbocycles. The van der Waals surface area contributed by atoms with Crippen molar-refractivity contribution < 1.29 is 14.3 Å². The van der Waals surface area contributed by atoms with E-state index in [1.165, 1.54) is 20.4 Å². The molecule has 0 radical (unpaired) electrons. The number of nitrogens with one attached hydrogen (secondary N) is 3. The van der Waals surface area contributed by atoms with Crippen LogP contribution in [-0.2, 0) is 0 Å². The largest absolute Gasteiger partial charge is 0.493 e. The molecule has 1 amide bonds. The highest BCUT2D eigenvalue weighted by Crippen LogP contribution is 2.44. The molecule has 13 heteroatoms. The molecule has 0 saturated heterocycles. The van der Waals surface area contributed by atoms with Gasteiger partial charge in [-0.3, -0.25) is 4.79 Å². The van der Waals surface area contributed by atoms with Crippen LogP contribution < -0.4 is 25.4 Å². The highest BCUT2D eigenvalue weighted by Gasteiger charge is 2.18. The van der Waals surface area contributed by atoms with Crippen molar-refractivity contribution in [1.29, 1.82) is 0 Å². The summed E-state index contributed by atoms with van der Waals surface area (Å²) in [5.41, 5.74) is 1.27. The van der Waals surface area contributed by atoms with E-state index in [1.807, 2.05) is 0 Å². The number of carbonyl (C=O) groups is 1. The molecule has 3 N–H and O–H groups in total. The fraction of sp³-hybridized carbons (Fsp3) is 0.118. The van der Waals surface area contributed by atoms with Crippen molar-refractivity contribution in [2.75, 3.05) is 30.2 Å². The topological polar surface area (TPSA) is 110 Å². The van der Waals surface area contributed by atoms with Crippen molar-refractivity contribution in [3.8, 4) is 11.5 Å². The van der Waals surface area contributed by atoms with Crippen LogP contribution in [0.4, 0.5) is 17.2 Å². The van der Waals surface area contributed by atoms with E-state index in [1.54, 1.807) is 23.6 Å². The van der Waals surface area contributed by atoms with E-state index < -0.39 is 5.91 Å². The second-order valence-electron chi connectivity index (χ2n) is 5.54. The zero-order valence-electron chi connectivity index (χ0n) is 15.5. The number of anilines is 3. The van der Waals surface area contributed by atoms with Gasteiger partial charge in [-0.2, -0.15) is 0 Å². The van der Waals surface area contributed by atoms with Crippen LogP contribution >= 0.6 is 47.0 Å². The van der Waals surface area contributed by atoms with Crippen molar-refractivity contribution >= 4 is 75.2 Å². The first-order valence-electron chi connectivity index (χ1n) is 8.15. The van der Waals surface area contributed by atoms with Gasteiger partial charge in [0.1, 0.15) is 10.8 Å². The minimum atomic E-state index is -0.394. The number of amides is 1. The number of halogens is 2. The lowest BCUT2D eigenvalue weighted by Crippen LogP contribution is -2.20. The minimum absolute atomic E-state index is 0.217. The van der Waals surface area contributed by atoms with Gasteiger partial charge in [0.15, 0.2) is 22.3 Å². The molecule has 0 aliphatic heterocycles. The Morgan fingerprint density at radius 2 is 1.90 bits per heavy atom. The minimum Gasteiger partial charge on any atom is -0.493 e. The normalized spacial score (nSPS) is 10.3. The molecule has 0 unspecified atom stereocenters. The molecule has 30 heavy (non-hydrogen) atoms. The number of aromatic nitrogens is 3. The zero-order valence-corrected chi connectivity index (χ0v) is 18.7. The van der Waals surface area contributed by atoms with Gasteiger partial charge in [-0.05, 0) is 41.9 Å². The first-order chi connectivity index (χ1) is 14.4. The Kier molecular flexibility index (Phi) is 7.21. The molecule has 3 rings (SSSR count). The van der Waals surface area contributed by atoms with E-state index in [4.69, 9.17) is 44.9 Å². The maximum Gasteiger partial charge on any atom is 0.278 e. The number of ether oxygens (including phenoxy) is 2. The van der Waals surface area contributed by atoms with Crippen LogP contribution in [0.3, 0.4) is 0 Å². The molecule has 9 nitrogen and oxygen atoms in total. The summed E-state index contributed by atoms with van der Waals surface area (Å²) in [4.78, 5) is 16.1. The predicted molar refractivity (Wildman–Crippen MR) is 122 cm³/mol. The maximum atomic E-state index is 12.0. The van der Waals surface area contributed by atoms with Gasteiger partial charge in [0.25, 0.3) is 5.91 Å². The molecular formula is C17H14Cl2N6O3S2. The summed E-state index contributed by atoms with van der Waals surface area (Å²) >= 11 is 18.9. The Balaban J connectivity index is 1.66. The van der Waals surface area contributed by atoms with E-state index in [0.717, 1.165) is 11.5 Å². The van der Waals surface area contributed by atoms with Gasteiger partial charge in [0.2, 0.25) is 0 Å². The summed E-state index contributed by atoms with van der Waals surface area (Å²) in [7, 11) is 2.92. The lowest BCUT2D eigenvalue weighted by Gasteiger charge is -2.17. The number of pyridine rings is 1. The highest BCUT2D eigenvalue weighted by molar-refractivity contribution is 7.80. The Hall–Kier alpha value is -2.73. The highest BCUT2D eigenvalue weighted by atomic mass is 35.5. The van der Waals surface area contributed by atoms with Crippen LogP contribution in [0.25, 0.3) is 0 Å². The molecular weight excluding hydrogens is 471 g/mol. The molecule has 156 valence electrons. The van der Waals surface area contributed by atoms with Gasteiger partial charge >= 0.3 is 0 Å². The third kappa shape index (κ3) is 5.05. The van der Waals surface area contributed by atoms with Crippen LogP contribution in [-0.4, -0.2) is 39.8 Å². The molecule has 1 aromatic carbocycles. The summed E-state index contributed by atoms with van der Waals surface area (Å²) < 4.78 is 14.1. The van der Waals surface area contributed by atoms with Crippen LogP contribution in [0, 0.1) is 0 Å². The number of rotatable bonds is 6. The van der Waals surface area contributed by atoms with Crippen LogP contribution in [0.2, 0.25) is 10.0 Å². The Morgan fingerprint density at radius 1 is 1.13 bits per heavy atom. The molecule has 0 bridgehead atoms. The van der Waals surface area contributed by atoms with E-state index in [9.17, 15) is 4.79 Å². The Labute approximate surface area is 190 Å². The van der Waals surface area contributed by atoms with Crippen molar-refractivity contribution in [3.63, 3.8) is 0 Å². The van der Waals surface area contributed by atoms with E-state index >= 15 is 0 Å². The number of hydrogen-bond acceptors (Lipinski definition) is 8. The summed E-state index contributed by atoms with van der Waals surface area (Å²) in [5.74, 6) is 0.590. The third-order valence-electron chi connectivity index (χ3n) is 3.64. The van der Waals surface area contributed by atoms with E-state index in [-0.39, 0.29) is 15.8 Å². The summed E-state index contributed by atoms with van der Waals surface area (Å²) in [6, 6.07) is 4.90. The van der Waals surface area contributed by atoms with E-state index in [2.05, 4.69) is 30.5 Å². The molecule has 0 fully saturated rings. The molecule has 0 spiro atoms. The fourth-order valence-corrected chi connectivity index (χ4v) is 3.68. The van der Waals surface area contributed by atoms with Crippen molar-refractivity contribution in [2.24, 2.45) is 0 Å². The summed E-state index contributed by atoms with van der Waals surface area (Å²) in [6.45, 7) is 0. The van der Waals surface area contributed by atoms with Crippen LogP contribution in [0.15, 0.2) is 29.8 Å². The van der Waals surface area contributed by atoms with Gasteiger partial charge in [0.05, 0.1) is 36.8 Å². The summed E-state index contributed by atoms with van der Waals surface area (Å²) in [6.07, 6.45) is 1.51. The molecule has 2 heterocycles. The van der Waals surface area contributed by atoms with Crippen molar-refractivity contribution in [2.45, 2.75) is 0 Å². The molecule has 0 aliphatic carbocycles. The second kappa shape index (κ2) is 9.85. The SMILES string of the molecule is COc1c(Cl)cc(NC(=S)Nc2ccc(NC(=O)c3csnn3)nc2)c(OC)c1Cl. The van der Waals surface area contributed by atoms with Gasteiger partial charge in [-0.15, -0.1) is 5.10 Å². The molecule has 0 atom stereocenters. The average molecular weight is 485 g/mol. The number of carbonyl (C=O) groups excluding carboxylic acids is 1. The van der Waals surface area contributed by atoms with E-state index in [0.29, 0.717) is 33.7 Å². The predicted octanol–water partition coefficient (Wildman–Crippen LogP) is 4.32. The van der Waals surface area contributed by atoms with Crippen molar-refractivity contribution in [3.05, 3.63) is 45.5 Å². The third-order valence-corrected chi connectivity index (χ3v) is 4.98. The average Bonchev–Trinajstić information content (AvgIpc) is 3.25. The van der Waals surface area contributed by atoms with Crippen LogP contribution in [0.1, 0.15) is 10.5 Å². The molecule has 3 aromatic rings. The first kappa shape index (κ1) is 22.0. The lowest BCUT2D eigenvalue weighted by molar-refractivity contribution is 0.102. The number of hydrogen-bond donors (Lipinski definition) is 3. The summed E-state index contributed by atoms with van der Waals surface area (Å²) in [5, 5.41) is 14.6. The van der Waals surface area contributed by atoms with Gasteiger partial charge in [-0.1, -0.05) is 27.7 Å². The number of nitrogens with zero attached hydrogens (tertiary/aromatic N) is 3. The van der Waals surface area contributed by atoms with Gasteiger partial charge in [-0.25, -0.2) is 4.98 Å². The van der Waals surface area contributed by atoms with Crippen molar-refractivity contribution in [1.82, 2.24) is 14.6 Å². The Bertz CT molecular complexity index is 1060. The second-order valence-corrected chi connectivity index (χ2v) is 7.35. The maximum absolute atomic E-state index is 12.0.